The van der Waals surface area contributed by atoms with E-state index in [0.29, 0.717) is 13.0 Å². The molecule has 0 radical (unpaired) electrons. The molecule has 2 amide bonds. The Kier molecular flexibility index (Phi) is 4.07. The first-order chi connectivity index (χ1) is 9.20. The lowest BCUT2D eigenvalue weighted by Crippen LogP contribution is -2.33. The number of amides is 2. The number of aromatic nitrogens is 1. The first-order valence-corrected chi connectivity index (χ1v) is 7.11. The standard InChI is InChI=1S/C14H16Cl2N2O2/c1-14(2,3)8-4-12(19)18(7-8)13(20)9-5-11(16)17-6-10(9)15/h5-6,8H,4,7H2,1-3H3. The predicted octanol–water partition coefficient (Wildman–Crippen LogP) is 3.42. The molecule has 2 heterocycles. The molecule has 1 atom stereocenters. The van der Waals surface area contributed by atoms with Crippen molar-refractivity contribution in [3.05, 3.63) is 28.0 Å². The molecule has 1 aliphatic rings. The molecular weight excluding hydrogens is 299 g/mol. The van der Waals surface area contributed by atoms with Gasteiger partial charge in [0.1, 0.15) is 5.15 Å². The zero-order valence-electron chi connectivity index (χ0n) is 11.6. The normalized spacial score (nSPS) is 19.6. The first kappa shape index (κ1) is 15.3. The smallest absolute Gasteiger partial charge is 0.262 e. The van der Waals surface area contributed by atoms with Gasteiger partial charge in [0.25, 0.3) is 5.91 Å². The van der Waals surface area contributed by atoms with E-state index in [-0.39, 0.29) is 33.0 Å². The predicted molar refractivity (Wildman–Crippen MR) is 77.9 cm³/mol. The van der Waals surface area contributed by atoms with Crippen LogP contribution >= 0.6 is 23.2 Å². The third-order valence-electron chi connectivity index (χ3n) is 3.65. The highest BCUT2D eigenvalue weighted by Gasteiger charge is 2.40. The quantitative estimate of drug-likeness (QED) is 0.589. The lowest BCUT2D eigenvalue weighted by Gasteiger charge is -2.26. The Balaban J connectivity index is 2.26. The van der Waals surface area contributed by atoms with Crippen LogP contribution in [0.4, 0.5) is 0 Å². The number of rotatable bonds is 1. The number of pyridine rings is 1. The van der Waals surface area contributed by atoms with Crippen molar-refractivity contribution in [3.8, 4) is 0 Å². The summed E-state index contributed by atoms with van der Waals surface area (Å²) in [5.74, 6) is -0.426. The molecular formula is C14H16Cl2N2O2. The summed E-state index contributed by atoms with van der Waals surface area (Å²) in [4.78, 5) is 29.5. The zero-order chi connectivity index (χ0) is 15.1. The molecule has 4 nitrogen and oxygen atoms in total. The summed E-state index contributed by atoms with van der Waals surface area (Å²) >= 11 is 11.7. The van der Waals surface area contributed by atoms with Gasteiger partial charge in [-0.05, 0) is 17.4 Å². The van der Waals surface area contributed by atoms with E-state index in [0.717, 1.165) is 0 Å². The molecule has 0 N–H and O–H groups in total. The Morgan fingerprint density at radius 1 is 1.40 bits per heavy atom. The number of halogens is 2. The van der Waals surface area contributed by atoms with E-state index in [9.17, 15) is 9.59 Å². The second-order valence-electron chi connectivity index (χ2n) is 6.06. The van der Waals surface area contributed by atoms with Gasteiger partial charge in [-0.25, -0.2) is 4.98 Å². The maximum absolute atomic E-state index is 12.4. The Morgan fingerprint density at radius 2 is 2.05 bits per heavy atom. The van der Waals surface area contributed by atoms with E-state index in [2.05, 4.69) is 25.8 Å². The lowest BCUT2D eigenvalue weighted by molar-refractivity contribution is -0.125. The average molecular weight is 315 g/mol. The molecule has 6 heteroatoms. The van der Waals surface area contributed by atoms with Crippen LogP contribution in [0.25, 0.3) is 0 Å². The fourth-order valence-corrected chi connectivity index (χ4v) is 2.55. The number of hydrogen-bond acceptors (Lipinski definition) is 3. The van der Waals surface area contributed by atoms with Gasteiger partial charge in [-0.2, -0.15) is 0 Å². The maximum atomic E-state index is 12.4. The highest BCUT2D eigenvalue weighted by atomic mass is 35.5. The third kappa shape index (κ3) is 2.96. The Bertz CT molecular complexity index is 567. The molecule has 108 valence electrons. The fourth-order valence-electron chi connectivity index (χ4n) is 2.21. The minimum absolute atomic E-state index is 0.0234. The van der Waals surface area contributed by atoms with E-state index in [1.165, 1.54) is 17.2 Å². The lowest BCUT2D eigenvalue weighted by atomic mass is 9.80. The number of imide groups is 1. The molecule has 1 aliphatic heterocycles. The van der Waals surface area contributed by atoms with Gasteiger partial charge >= 0.3 is 0 Å². The van der Waals surface area contributed by atoms with Crippen molar-refractivity contribution in [2.45, 2.75) is 27.2 Å². The Labute approximate surface area is 128 Å². The van der Waals surface area contributed by atoms with Crippen LogP contribution in [0.3, 0.4) is 0 Å². The van der Waals surface area contributed by atoms with Gasteiger partial charge < -0.3 is 0 Å². The average Bonchev–Trinajstić information content (AvgIpc) is 2.73. The van der Waals surface area contributed by atoms with Crippen molar-refractivity contribution in [1.29, 1.82) is 0 Å². The molecule has 0 saturated carbocycles. The van der Waals surface area contributed by atoms with Crippen LogP contribution < -0.4 is 0 Å². The van der Waals surface area contributed by atoms with Crippen LogP contribution in [0.5, 0.6) is 0 Å². The van der Waals surface area contributed by atoms with E-state index in [1.54, 1.807) is 0 Å². The summed E-state index contributed by atoms with van der Waals surface area (Å²) in [6.45, 7) is 6.61. The number of carbonyl (C=O) groups is 2. The highest BCUT2D eigenvalue weighted by molar-refractivity contribution is 6.35. The van der Waals surface area contributed by atoms with E-state index in [4.69, 9.17) is 23.2 Å². The SMILES string of the molecule is CC(C)(C)C1CC(=O)N(C(=O)c2cc(Cl)ncc2Cl)C1. The monoisotopic (exact) mass is 314 g/mol. The van der Waals surface area contributed by atoms with Gasteiger partial charge in [0.05, 0.1) is 10.6 Å². The molecule has 1 fully saturated rings. The summed E-state index contributed by atoms with van der Waals surface area (Å²) in [7, 11) is 0. The van der Waals surface area contributed by atoms with E-state index in [1.807, 2.05) is 0 Å². The second kappa shape index (κ2) is 5.34. The minimum atomic E-state index is -0.406. The van der Waals surface area contributed by atoms with Crippen molar-refractivity contribution >= 4 is 35.0 Å². The van der Waals surface area contributed by atoms with Gasteiger partial charge in [-0.3, -0.25) is 14.5 Å². The Hall–Kier alpha value is -1.13. The van der Waals surface area contributed by atoms with Crippen LogP contribution in [-0.2, 0) is 4.79 Å². The van der Waals surface area contributed by atoms with Crippen LogP contribution in [0.15, 0.2) is 12.3 Å². The molecule has 1 saturated heterocycles. The van der Waals surface area contributed by atoms with Crippen molar-refractivity contribution in [2.24, 2.45) is 11.3 Å². The largest absolute Gasteiger partial charge is 0.278 e. The molecule has 20 heavy (non-hydrogen) atoms. The molecule has 2 rings (SSSR count). The topological polar surface area (TPSA) is 50.3 Å². The van der Waals surface area contributed by atoms with E-state index < -0.39 is 5.91 Å². The van der Waals surface area contributed by atoms with Crippen LogP contribution in [0.1, 0.15) is 37.6 Å². The highest BCUT2D eigenvalue weighted by Crippen LogP contribution is 2.35. The Morgan fingerprint density at radius 3 is 2.60 bits per heavy atom. The first-order valence-electron chi connectivity index (χ1n) is 6.36. The van der Waals surface area contributed by atoms with Crippen molar-refractivity contribution in [3.63, 3.8) is 0 Å². The summed E-state index contributed by atoms with van der Waals surface area (Å²) in [5.41, 5.74) is 0.194. The summed E-state index contributed by atoms with van der Waals surface area (Å²) < 4.78 is 0. The van der Waals surface area contributed by atoms with Crippen molar-refractivity contribution in [1.82, 2.24) is 9.88 Å². The van der Waals surface area contributed by atoms with Gasteiger partial charge in [0, 0.05) is 19.2 Å². The van der Waals surface area contributed by atoms with Crippen molar-refractivity contribution in [2.75, 3.05) is 6.54 Å². The number of nitrogens with zero attached hydrogens (tertiary/aromatic N) is 2. The zero-order valence-corrected chi connectivity index (χ0v) is 13.1. The molecule has 1 aromatic rings. The summed E-state index contributed by atoms with van der Waals surface area (Å²) in [6.07, 6.45) is 1.70. The second-order valence-corrected chi connectivity index (χ2v) is 6.86. The van der Waals surface area contributed by atoms with Crippen molar-refractivity contribution < 1.29 is 9.59 Å². The molecule has 0 aliphatic carbocycles. The number of hydrogen-bond donors (Lipinski definition) is 0. The van der Waals surface area contributed by atoms with Gasteiger partial charge in [-0.15, -0.1) is 0 Å². The summed E-state index contributed by atoms with van der Waals surface area (Å²) in [6, 6.07) is 1.39. The molecule has 1 unspecified atom stereocenters. The number of carbonyl (C=O) groups excluding carboxylic acids is 2. The van der Waals surface area contributed by atoms with Crippen LogP contribution in [0, 0.1) is 11.3 Å². The van der Waals surface area contributed by atoms with Gasteiger partial charge in [0.2, 0.25) is 5.91 Å². The molecule has 0 aromatic carbocycles. The van der Waals surface area contributed by atoms with Gasteiger partial charge in [0.15, 0.2) is 0 Å². The molecule has 1 aromatic heterocycles. The maximum Gasteiger partial charge on any atom is 0.262 e. The number of likely N-dealkylation sites (tertiary alicyclic amines) is 1. The minimum Gasteiger partial charge on any atom is -0.278 e. The van der Waals surface area contributed by atoms with Gasteiger partial charge in [-0.1, -0.05) is 44.0 Å². The summed E-state index contributed by atoms with van der Waals surface area (Å²) in [5, 5.41) is 0.378. The van der Waals surface area contributed by atoms with Crippen LogP contribution in [-0.4, -0.2) is 28.2 Å². The third-order valence-corrected chi connectivity index (χ3v) is 4.16. The molecule has 0 spiro atoms. The van der Waals surface area contributed by atoms with E-state index >= 15 is 0 Å². The van der Waals surface area contributed by atoms with Crippen LogP contribution in [0.2, 0.25) is 10.2 Å². The fraction of sp³-hybridized carbons (Fsp3) is 0.500. The molecule has 0 bridgehead atoms.